The molecule has 0 saturated carbocycles. The molecule has 3 heteroatoms. The first-order chi connectivity index (χ1) is 8.88. The van der Waals surface area contributed by atoms with Crippen LogP contribution in [0, 0.1) is 0 Å². The van der Waals surface area contributed by atoms with Gasteiger partial charge in [0.05, 0.1) is 12.9 Å². The maximum Gasteiger partial charge on any atom is 0.0949 e. The lowest BCUT2D eigenvalue weighted by Gasteiger charge is -2.02. The summed E-state index contributed by atoms with van der Waals surface area (Å²) in [6, 6.07) is 8.37. The third-order valence-corrected chi connectivity index (χ3v) is 2.55. The van der Waals surface area contributed by atoms with Crippen molar-refractivity contribution in [3.8, 4) is 0 Å². The summed E-state index contributed by atoms with van der Waals surface area (Å²) < 4.78 is 2.04. The number of hydrogen-bond donors (Lipinski definition) is 1. The molecule has 1 aromatic carbocycles. The fourth-order valence-corrected chi connectivity index (χ4v) is 1.63. The molecule has 1 aromatic heterocycles. The van der Waals surface area contributed by atoms with Crippen LogP contribution in [0.2, 0.25) is 0 Å². The van der Waals surface area contributed by atoms with Crippen molar-refractivity contribution in [1.82, 2.24) is 9.55 Å². The number of aliphatic hydroxyl groups excluding tert-OH is 1. The van der Waals surface area contributed by atoms with Gasteiger partial charge in [-0.15, -0.1) is 0 Å². The van der Waals surface area contributed by atoms with Crippen LogP contribution in [0.5, 0.6) is 0 Å². The maximum atomic E-state index is 8.59. The Morgan fingerprint density at radius 2 is 2.00 bits per heavy atom. The van der Waals surface area contributed by atoms with Crippen molar-refractivity contribution >= 4 is 6.08 Å². The first-order valence-electron chi connectivity index (χ1n) is 5.87. The zero-order valence-electron chi connectivity index (χ0n) is 10.1. The first kappa shape index (κ1) is 12.3. The Hall–Kier alpha value is -2.13. The summed E-state index contributed by atoms with van der Waals surface area (Å²) >= 11 is 0. The normalized spacial score (nSPS) is 11.6. The molecule has 0 aliphatic rings. The lowest BCUT2D eigenvalue weighted by molar-refractivity contribution is 0.343. The second kappa shape index (κ2) is 6.57. The van der Waals surface area contributed by atoms with E-state index in [-0.39, 0.29) is 6.61 Å². The zero-order chi connectivity index (χ0) is 12.6. The standard InChI is InChI=1S/C15H16N2O/c18-11-3-1-2-4-14-5-7-15(8-6-14)12-17-10-9-16-13-17/h1-10,13,18H,11-12H2. The van der Waals surface area contributed by atoms with E-state index in [9.17, 15) is 0 Å². The second-order valence-electron chi connectivity index (χ2n) is 3.95. The van der Waals surface area contributed by atoms with Crippen molar-refractivity contribution < 1.29 is 5.11 Å². The third kappa shape index (κ3) is 3.71. The van der Waals surface area contributed by atoms with Gasteiger partial charge in [-0.2, -0.15) is 0 Å². The Kier molecular flexibility index (Phi) is 4.50. The lowest BCUT2D eigenvalue weighted by atomic mass is 10.1. The van der Waals surface area contributed by atoms with Crippen LogP contribution in [0.4, 0.5) is 0 Å². The molecule has 0 aliphatic carbocycles. The molecule has 92 valence electrons. The molecular formula is C15H16N2O. The van der Waals surface area contributed by atoms with Gasteiger partial charge in [-0.05, 0) is 11.1 Å². The molecule has 0 atom stereocenters. The van der Waals surface area contributed by atoms with Gasteiger partial charge in [0.2, 0.25) is 0 Å². The highest BCUT2D eigenvalue weighted by Crippen LogP contribution is 2.08. The van der Waals surface area contributed by atoms with Crippen LogP contribution >= 0.6 is 0 Å². The molecule has 0 aliphatic heterocycles. The van der Waals surface area contributed by atoms with Gasteiger partial charge in [0, 0.05) is 18.9 Å². The fraction of sp³-hybridized carbons (Fsp3) is 0.133. The van der Waals surface area contributed by atoms with E-state index in [4.69, 9.17) is 5.11 Å². The van der Waals surface area contributed by atoms with Gasteiger partial charge in [-0.3, -0.25) is 0 Å². The fourth-order valence-electron chi connectivity index (χ4n) is 1.63. The van der Waals surface area contributed by atoms with Crippen LogP contribution in [0.1, 0.15) is 11.1 Å². The van der Waals surface area contributed by atoms with E-state index < -0.39 is 0 Å². The molecule has 0 unspecified atom stereocenters. The minimum absolute atomic E-state index is 0.0776. The van der Waals surface area contributed by atoms with Gasteiger partial charge in [0.15, 0.2) is 0 Å². The number of rotatable bonds is 5. The minimum Gasteiger partial charge on any atom is -0.392 e. The van der Waals surface area contributed by atoms with Gasteiger partial charge in [-0.25, -0.2) is 4.98 Å². The van der Waals surface area contributed by atoms with E-state index in [0.717, 1.165) is 12.1 Å². The first-order valence-corrected chi connectivity index (χ1v) is 5.87. The van der Waals surface area contributed by atoms with Crippen LogP contribution in [0.3, 0.4) is 0 Å². The topological polar surface area (TPSA) is 38.0 Å². The highest BCUT2D eigenvalue weighted by Gasteiger charge is 1.94. The lowest BCUT2D eigenvalue weighted by Crippen LogP contribution is -1.95. The monoisotopic (exact) mass is 240 g/mol. The number of imidazole rings is 1. The Morgan fingerprint density at radius 1 is 1.17 bits per heavy atom. The van der Waals surface area contributed by atoms with E-state index in [1.807, 2.05) is 35.3 Å². The Bertz CT molecular complexity index is 510. The highest BCUT2D eigenvalue weighted by molar-refractivity contribution is 5.51. The molecule has 0 saturated heterocycles. The van der Waals surface area contributed by atoms with Gasteiger partial charge in [0.25, 0.3) is 0 Å². The molecule has 0 radical (unpaired) electrons. The summed E-state index contributed by atoms with van der Waals surface area (Å²) in [5.74, 6) is 0. The molecule has 2 rings (SSSR count). The van der Waals surface area contributed by atoms with Crippen LogP contribution in [0.25, 0.3) is 6.08 Å². The highest BCUT2D eigenvalue weighted by atomic mass is 16.2. The number of allylic oxidation sites excluding steroid dienone is 2. The summed E-state index contributed by atoms with van der Waals surface area (Å²) in [6.07, 6.45) is 13.0. The quantitative estimate of drug-likeness (QED) is 0.815. The number of aliphatic hydroxyl groups is 1. The van der Waals surface area contributed by atoms with Crippen LogP contribution in [0.15, 0.2) is 61.2 Å². The number of aromatic nitrogens is 2. The predicted molar refractivity (Wildman–Crippen MR) is 73.0 cm³/mol. The van der Waals surface area contributed by atoms with Crippen molar-refractivity contribution in [1.29, 1.82) is 0 Å². The largest absolute Gasteiger partial charge is 0.392 e. The Labute approximate surface area is 107 Å². The molecule has 0 fully saturated rings. The van der Waals surface area contributed by atoms with Crippen LogP contribution in [-0.2, 0) is 6.54 Å². The van der Waals surface area contributed by atoms with Crippen molar-refractivity contribution in [2.75, 3.05) is 6.61 Å². The molecular weight excluding hydrogens is 224 g/mol. The van der Waals surface area contributed by atoms with Gasteiger partial charge < -0.3 is 9.67 Å². The van der Waals surface area contributed by atoms with Crippen LogP contribution < -0.4 is 0 Å². The Balaban J connectivity index is 1.97. The number of benzene rings is 1. The molecule has 1 N–H and O–H groups in total. The predicted octanol–water partition coefficient (Wildman–Crippen LogP) is 2.49. The van der Waals surface area contributed by atoms with Crippen LogP contribution in [-0.4, -0.2) is 21.3 Å². The molecule has 0 spiro atoms. The van der Waals surface area contributed by atoms with Gasteiger partial charge in [0.1, 0.15) is 0 Å². The molecule has 0 amide bonds. The summed E-state index contributed by atoms with van der Waals surface area (Å²) in [4.78, 5) is 4.02. The van der Waals surface area contributed by atoms with Crippen molar-refractivity contribution in [3.05, 3.63) is 72.3 Å². The van der Waals surface area contributed by atoms with E-state index in [2.05, 4.69) is 29.2 Å². The third-order valence-electron chi connectivity index (χ3n) is 2.55. The number of hydrogen-bond acceptors (Lipinski definition) is 2. The van der Waals surface area contributed by atoms with Gasteiger partial charge >= 0.3 is 0 Å². The van der Waals surface area contributed by atoms with E-state index in [0.29, 0.717) is 0 Å². The van der Waals surface area contributed by atoms with E-state index >= 15 is 0 Å². The summed E-state index contributed by atoms with van der Waals surface area (Å²) in [5.41, 5.74) is 2.39. The molecule has 3 nitrogen and oxygen atoms in total. The zero-order valence-corrected chi connectivity index (χ0v) is 10.1. The minimum atomic E-state index is 0.0776. The van der Waals surface area contributed by atoms with Crippen molar-refractivity contribution in [2.24, 2.45) is 0 Å². The van der Waals surface area contributed by atoms with Crippen molar-refractivity contribution in [2.45, 2.75) is 6.54 Å². The average Bonchev–Trinajstić information content (AvgIpc) is 2.89. The van der Waals surface area contributed by atoms with Crippen molar-refractivity contribution in [3.63, 3.8) is 0 Å². The average molecular weight is 240 g/mol. The van der Waals surface area contributed by atoms with E-state index in [1.54, 1.807) is 12.3 Å². The summed E-state index contributed by atoms with van der Waals surface area (Å²) in [5, 5.41) is 8.59. The Morgan fingerprint density at radius 3 is 2.67 bits per heavy atom. The smallest absolute Gasteiger partial charge is 0.0949 e. The summed E-state index contributed by atoms with van der Waals surface area (Å²) in [6.45, 7) is 0.919. The summed E-state index contributed by atoms with van der Waals surface area (Å²) in [7, 11) is 0. The maximum absolute atomic E-state index is 8.59. The molecule has 1 heterocycles. The SMILES string of the molecule is OCC=CC=Cc1ccc(Cn2ccnc2)cc1. The number of nitrogens with zero attached hydrogens (tertiary/aromatic N) is 2. The molecule has 18 heavy (non-hydrogen) atoms. The molecule has 0 bridgehead atoms. The second-order valence-corrected chi connectivity index (χ2v) is 3.95. The van der Waals surface area contributed by atoms with Gasteiger partial charge in [-0.1, -0.05) is 48.6 Å². The van der Waals surface area contributed by atoms with E-state index in [1.165, 1.54) is 5.56 Å². The molecule has 2 aromatic rings.